The summed E-state index contributed by atoms with van der Waals surface area (Å²) in [5.74, 6) is 0.494. The van der Waals surface area contributed by atoms with Gasteiger partial charge in [0.15, 0.2) is 0 Å². The molecule has 0 amide bonds. The molecule has 118 valence electrons. The summed E-state index contributed by atoms with van der Waals surface area (Å²) in [5.41, 5.74) is 2.14. The van der Waals surface area contributed by atoms with Crippen LogP contribution in [0.15, 0.2) is 27.4 Å². The lowest BCUT2D eigenvalue weighted by Crippen LogP contribution is -2.24. The van der Waals surface area contributed by atoms with Gasteiger partial charge in [-0.1, -0.05) is 17.6 Å². The van der Waals surface area contributed by atoms with E-state index in [0.29, 0.717) is 36.6 Å². The van der Waals surface area contributed by atoms with E-state index < -0.39 is 12.2 Å². The second-order valence-corrected chi connectivity index (χ2v) is 6.12. The third kappa shape index (κ3) is 2.44. The van der Waals surface area contributed by atoms with E-state index in [-0.39, 0.29) is 11.1 Å². The Morgan fingerprint density at radius 1 is 1.35 bits per heavy atom. The first-order valence-corrected chi connectivity index (χ1v) is 7.52. The highest BCUT2D eigenvalue weighted by Crippen LogP contribution is 2.24. The normalized spacial score (nSPS) is 22.3. The largest absolute Gasteiger partial charge is 0.449 e. The number of nitrogens with zero attached hydrogens (tertiary/aromatic N) is 2. The van der Waals surface area contributed by atoms with Crippen molar-refractivity contribution in [1.29, 1.82) is 0 Å². The fourth-order valence-electron chi connectivity index (χ4n) is 3.08. The van der Waals surface area contributed by atoms with E-state index in [1.54, 1.807) is 0 Å². The van der Waals surface area contributed by atoms with Crippen molar-refractivity contribution in [2.24, 2.45) is 0 Å². The molecule has 1 aliphatic heterocycles. The number of fused-ring (bicyclic) bond motifs is 3. The van der Waals surface area contributed by atoms with Crippen molar-refractivity contribution < 1.29 is 14.6 Å². The Labute approximate surface area is 132 Å². The number of H-pyrrole nitrogens is 1. The van der Waals surface area contributed by atoms with Crippen molar-refractivity contribution in [3.8, 4) is 0 Å². The van der Waals surface area contributed by atoms with Crippen molar-refractivity contribution in [3.05, 3.63) is 34.4 Å². The van der Waals surface area contributed by atoms with Crippen LogP contribution in [0.5, 0.6) is 0 Å². The van der Waals surface area contributed by atoms with Crippen LogP contribution in [0.2, 0.25) is 0 Å². The van der Waals surface area contributed by atoms with Gasteiger partial charge in [0.1, 0.15) is 24.8 Å². The Bertz CT molecular complexity index is 941. The van der Waals surface area contributed by atoms with Gasteiger partial charge < -0.3 is 19.6 Å². The number of hydrogen-bond donors (Lipinski definition) is 3. The number of rotatable bonds is 2. The number of nitrogens with one attached hydrogen (secondary N) is 1. The number of hydrogen-bond acceptors (Lipinski definition) is 6. The van der Waals surface area contributed by atoms with E-state index in [4.69, 9.17) is 4.42 Å². The predicted molar refractivity (Wildman–Crippen MR) is 87.6 cm³/mol. The van der Waals surface area contributed by atoms with Gasteiger partial charge in [-0.05, 0) is 6.07 Å². The molecule has 1 fully saturated rings. The zero-order valence-electron chi connectivity index (χ0n) is 12.6. The smallest absolute Gasteiger partial charge is 0.294 e. The number of likely N-dealkylation sites (tertiary alicyclic amines) is 1. The van der Waals surface area contributed by atoms with Gasteiger partial charge in [-0.3, -0.25) is 9.69 Å². The maximum Gasteiger partial charge on any atom is 0.294 e. The quantitative estimate of drug-likeness (QED) is 0.496. The van der Waals surface area contributed by atoms with E-state index in [1.807, 2.05) is 30.9 Å². The summed E-state index contributed by atoms with van der Waals surface area (Å²) in [6, 6.07) is 5.70. The molecule has 7 nitrogen and oxygen atoms in total. The number of aromatic amines is 1. The average Bonchev–Trinajstić information content (AvgIpc) is 3.00. The van der Waals surface area contributed by atoms with Crippen LogP contribution in [0.4, 0.5) is 0 Å². The molecule has 1 saturated heterocycles. The molecule has 0 saturated carbocycles. The minimum atomic E-state index is -0.761. The lowest BCUT2D eigenvalue weighted by molar-refractivity contribution is 0.0572. The van der Waals surface area contributed by atoms with E-state index in [0.717, 1.165) is 10.8 Å². The second kappa shape index (κ2) is 5.19. The minimum Gasteiger partial charge on any atom is -0.449 e. The molecule has 0 bridgehead atoms. The first-order chi connectivity index (χ1) is 11.0. The number of aliphatic hydroxyl groups is 2. The topological polar surface area (TPSA) is 103 Å². The predicted octanol–water partition coefficient (Wildman–Crippen LogP) is -1.53. The van der Waals surface area contributed by atoms with E-state index in [2.05, 4.69) is 9.97 Å². The van der Waals surface area contributed by atoms with Crippen molar-refractivity contribution in [3.63, 3.8) is 0 Å². The first kappa shape index (κ1) is 14.4. The summed E-state index contributed by atoms with van der Waals surface area (Å²) in [7, 11) is 1.97. The highest BCUT2D eigenvalue weighted by molar-refractivity contribution is 6.33. The van der Waals surface area contributed by atoms with Gasteiger partial charge in [-0.15, -0.1) is 0 Å². The molecule has 2 atom stereocenters. The van der Waals surface area contributed by atoms with Gasteiger partial charge >= 0.3 is 0 Å². The summed E-state index contributed by atoms with van der Waals surface area (Å²) < 4.78 is 5.60. The van der Waals surface area contributed by atoms with Gasteiger partial charge in [0.25, 0.3) is 5.56 Å². The summed E-state index contributed by atoms with van der Waals surface area (Å²) in [5, 5.41) is 20.0. The number of aromatic nitrogens is 2. The highest BCUT2D eigenvalue weighted by atomic mass is 16.3. The molecule has 1 aliphatic rings. The molecule has 0 unspecified atom stereocenters. The fourth-order valence-corrected chi connectivity index (χ4v) is 3.08. The van der Waals surface area contributed by atoms with Gasteiger partial charge in [-0.2, -0.15) is 0 Å². The third-order valence-electron chi connectivity index (χ3n) is 4.24. The third-order valence-corrected chi connectivity index (χ3v) is 4.24. The van der Waals surface area contributed by atoms with Crippen molar-refractivity contribution in [2.45, 2.75) is 18.8 Å². The fraction of sp³-hybridized carbons (Fsp3) is 0.333. The molecule has 23 heavy (non-hydrogen) atoms. The SMILES string of the molecule is Bc1ccc2oc3c(=O)[nH]c(CN4C[C@@H](O)[C@@H](O)C4)nc3c2c1. The van der Waals surface area contributed by atoms with Crippen molar-refractivity contribution in [1.82, 2.24) is 14.9 Å². The first-order valence-electron chi connectivity index (χ1n) is 7.52. The van der Waals surface area contributed by atoms with Crippen molar-refractivity contribution >= 4 is 35.4 Å². The molecule has 0 aliphatic carbocycles. The van der Waals surface area contributed by atoms with Crippen LogP contribution >= 0.6 is 0 Å². The summed E-state index contributed by atoms with van der Waals surface area (Å²) in [4.78, 5) is 21.3. The molecule has 3 aromatic rings. The van der Waals surface area contributed by atoms with Crippen LogP contribution in [0.1, 0.15) is 5.82 Å². The molecule has 4 rings (SSSR count). The molecule has 3 heterocycles. The van der Waals surface area contributed by atoms with Crippen LogP contribution in [-0.2, 0) is 6.54 Å². The summed E-state index contributed by atoms with van der Waals surface area (Å²) >= 11 is 0. The molecular weight excluding hydrogens is 297 g/mol. The lowest BCUT2D eigenvalue weighted by atomic mass is 9.95. The van der Waals surface area contributed by atoms with E-state index in [1.165, 1.54) is 0 Å². The van der Waals surface area contributed by atoms with Gasteiger partial charge in [0.05, 0.1) is 18.8 Å². The lowest BCUT2D eigenvalue weighted by Gasteiger charge is -2.13. The molecular formula is C15H16BN3O4. The Morgan fingerprint density at radius 2 is 2.09 bits per heavy atom. The zero-order chi connectivity index (χ0) is 16.1. The minimum absolute atomic E-state index is 0.218. The maximum atomic E-state index is 12.2. The zero-order valence-corrected chi connectivity index (χ0v) is 12.6. The Morgan fingerprint density at radius 3 is 2.83 bits per heavy atom. The molecule has 8 heteroatoms. The van der Waals surface area contributed by atoms with Crippen LogP contribution in [-0.4, -0.2) is 58.2 Å². The Kier molecular flexibility index (Phi) is 3.26. The molecule has 0 radical (unpaired) electrons. The van der Waals surface area contributed by atoms with Crippen LogP contribution in [0, 0.1) is 0 Å². The Hall–Kier alpha value is -2.16. The van der Waals surface area contributed by atoms with Gasteiger partial charge in [0, 0.05) is 18.5 Å². The van der Waals surface area contributed by atoms with Crippen LogP contribution < -0.4 is 11.0 Å². The number of β-amino-alcohol motifs (C(OH)–C–C–N with tert-alkyl or cyclic N) is 2. The number of benzene rings is 1. The monoisotopic (exact) mass is 313 g/mol. The van der Waals surface area contributed by atoms with E-state index in [9.17, 15) is 15.0 Å². The maximum absolute atomic E-state index is 12.2. The van der Waals surface area contributed by atoms with Gasteiger partial charge in [0.2, 0.25) is 5.58 Å². The molecule has 2 aromatic heterocycles. The average molecular weight is 313 g/mol. The van der Waals surface area contributed by atoms with Crippen LogP contribution in [0.25, 0.3) is 22.1 Å². The standard InChI is InChI=1S/C15H16BN3O4/c16-7-1-2-11-8(3-7)13-14(23-11)15(22)18-12(17-13)6-19-4-9(20)10(21)5-19/h1-3,9-10,20-21H,4-6,16H2,(H,17,18,22)/t9-,10+. The van der Waals surface area contributed by atoms with Gasteiger partial charge in [-0.25, -0.2) is 4.98 Å². The summed E-state index contributed by atoms with van der Waals surface area (Å²) in [6.07, 6.45) is -1.52. The summed E-state index contributed by atoms with van der Waals surface area (Å²) in [6.45, 7) is 1.07. The molecule has 0 spiro atoms. The number of furan rings is 1. The molecule has 3 N–H and O–H groups in total. The molecule has 1 aromatic carbocycles. The van der Waals surface area contributed by atoms with E-state index >= 15 is 0 Å². The Balaban J connectivity index is 1.78. The second-order valence-electron chi connectivity index (χ2n) is 6.12. The highest BCUT2D eigenvalue weighted by Gasteiger charge is 2.30. The van der Waals surface area contributed by atoms with Crippen LogP contribution in [0.3, 0.4) is 0 Å². The number of aliphatic hydroxyl groups excluding tert-OH is 2. The van der Waals surface area contributed by atoms with Crippen molar-refractivity contribution in [2.75, 3.05) is 13.1 Å².